The Balaban J connectivity index is 2.24. The molecule has 0 saturated heterocycles. The SMILES string of the molecule is CCc1nc(-c2ccc3ccccc3c2)c(C)c(=O)[nH]1. The molecule has 0 aliphatic rings. The van der Waals surface area contributed by atoms with Gasteiger partial charge in [-0.2, -0.15) is 0 Å². The van der Waals surface area contributed by atoms with Gasteiger partial charge in [0.05, 0.1) is 5.69 Å². The second kappa shape index (κ2) is 4.93. The van der Waals surface area contributed by atoms with Crippen LogP contribution in [0.3, 0.4) is 0 Å². The van der Waals surface area contributed by atoms with Crippen LogP contribution in [0, 0.1) is 6.92 Å². The Bertz CT molecular complexity index is 834. The number of H-pyrrole nitrogens is 1. The molecule has 0 radical (unpaired) electrons. The predicted octanol–water partition coefficient (Wildman–Crippen LogP) is 3.46. The van der Waals surface area contributed by atoms with Gasteiger partial charge < -0.3 is 4.98 Å². The summed E-state index contributed by atoms with van der Waals surface area (Å²) >= 11 is 0. The molecule has 20 heavy (non-hydrogen) atoms. The molecule has 100 valence electrons. The van der Waals surface area contributed by atoms with E-state index in [1.54, 1.807) is 0 Å². The molecule has 0 fully saturated rings. The second-order valence-corrected chi connectivity index (χ2v) is 4.90. The number of fused-ring (bicyclic) bond motifs is 1. The van der Waals surface area contributed by atoms with Gasteiger partial charge in [-0.15, -0.1) is 0 Å². The molecule has 1 heterocycles. The largest absolute Gasteiger partial charge is 0.310 e. The molecule has 0 amide bonds. The van der Waals surface area contributed by atoms with Gasteiger partial charge >= 0.3 is 0 Å². The number of rotatable bonds is 2. The van der Waals surface area contributed by atoms with Gasteiger partial charge in [-0.05, 0) is 23.8 Å². The first-order valence-electron chi connectivity index (χ1n) is 6.78. The first-order chi connectivity index (χ1) is 9.69. The summed E-state index contributed by atoms with van der Waals surface area (Å²) in [5, 5.41) is 2.35. The maximum Gasteiger partial charge on any atom is 0.254 e. The van der Waals surface area contributed by atoms with Crippen molar-refractivity contribution in [1.29, 1.82) is 0 Å². The highest BCUT2D eigenvalue weighted by Crippen LogP contribution is 2.24. The molecule has 0 saturated carbocycles. The van der Waals surface area contributed by atoms with Crippen LogP contribution in [0.4, 0.5) is 0 Å². The first-order valence-corrected chi connectivity index (χ1v) is 6.78. The van der Waals surface area contributed by atoms with E-state index in [0.29, 0.717) is 5.56 Å². The lowest BCUT2D eigenvalue weighted by Crippen LogP contribution is -2.15. The Morgan fingerprint density at radius 2 is 1.85 bits per heavy atom. The molecule has 0 aliphatic heterocycles. The summed E-state index contributed by atoms with van der Waals surface area (Å²) in [6.45, 7) is 3.80. The average Bonchev–Trinajstić information content (AvgIpc) is 2.49. The smallest absolute Gasteiger partial charge is 0.254 e. The summed E-state index contributed by atoms with van der Waals surface area (Å²) < 4.78 is 0. The topological polar surface area (TPSA) is 45.8 Å². The van der Waals surface area contributed by atoms with Crippen molar-refractivity contribution < 1.29 is 0 Å². The van der Waals surface area contributed by atoms with Gasteiger partial charge in [0.2, 0.25) is 0 Å². The molecule has 3 nitrogen and oxygen atoms in total. The highest BCUT2D eigenvalue weighted by molar-refractivity contribution is 5.87. The minimum atomic E-state index is -0.0555. The fourth-order valence-corrected chi connectivity index (χ4v) is 2.36. The molecule has 0 unspecified atom stereocenters. The Labute approximate surface area is 117 Å². The summed E-state index contributed by atoms with van der Waals surface area (Å²) in [7, 11) is 0. The van der Waals surface area contributed by atoms with Crippen LogP contribution in [0.2, 0.25) is 0 Å². The van der Waals surface area contributed by atoms with Crippen LogP contribution < -0.4 is 5.56 Å². The van der Waals surface area contributed by atoms with Crippen molar-refractivity contribution in [2.45, 2.75) is 20.3 Å². The predicted molar refractivity (Wildman–Crippen MR) is 81.9 cm³/mol. The Morgan fingerprint density at radius 3 is 2.60 bits per heavy atom. The maximum atomic E-state index is 12.0. The molecule has 3 rings (SSSR count). The van der Waals surface area contributed by atoms with Gasteiger partial charge in [0.25, 0.3) is 5.56 Å². The Morgan fingerprint density at radius 1 is 1.10 bits per heavy atom. The fourth-order valence-electron chi connectivity index (χ4n) is 2.36. The standard InChI is InChI=1S/C17H16N2O/c1-3-15-18-16(11(2)17(20)19-15)14-9-8-12-6-4-5-7-13(12)10-14/h4-10H,3H2,1-2H3,(H,18,19,20). The summed E-state index contributed by atoms with van der Waals surface area (Å²) in [6, 6.07) is 14.4. The summed E-state index contributed by atoms with van der Waals surface area (Å²) in [5.74, 6) is 0.726. The van der Waals surface area contributed by atoms with E-state index >= 15 is 0 Å². The molecule has 3 aromatic rings. The minimum Gasteiger partial charge on any atom is -0.310 e. The van der Waals surface area contributed by atoms with Crippen molar-refractivity contribution in [1.82, 2.24) is 9.97 Å². The van der Waals surface area contributed by atoms with E-state index in [2.05, 4.69) is 34.2 Å². The third-order valence-electron chi connectivity index (χ3n) is 3.56. The average molecular weight is 264 g/mol. The quantitative estimate of drug-likeness (QED) is 0.770. The van der Waals surface area contributed by atoms with Crippen LogP contribution in [0.1, 0.15) is 18.3 Å². The van der Waals surface area contributed by atoms with Gasteiger partial charge in [-0.1, -0.05) is 43.3 Å². The van der Waals surface area contributed by atoms with Crippen LogP contribution in [0.5, 0.6) is 0 Å². The van der Waals surface area contributed by atoms with Crippen molar-refractivity contribution >= 4 is 10.8 Å². The zero-order chi connectivity index (χ0) is 14.1. The van der Waals surface area contributed by atoms with Crippen LogP contribution in [0.15, 0.2) is 47.3 Å². The molecule has 1 aromatic heterocycles. The highest BCUT2D eigenvalue weighted by atomic mass is 16.1. The summed E-state index contributed by atoms with van der Waals surface area (Å²) in [4.78, 5) is 19.3. The van der Waals surface area contributed by atoms with E-state index in [9.17, 15) is 4.79 Å². The second-order valence-electron chi connectivity index (χ2n) is 4.90. The number of aryl methyl sites for hydroxylation is 1. The van der Waals surface area contributed by atoms with E-state index in [-0.39, 0.29) is 5.56 Å². The van der Waals surface area contributed by atoms with Crippen molar-refractivity contribution in [2.75, 3.05) is 0 Å². The molecular formula is C17H16N2O. The van der Waals surface area contributed by atoms with Gasteiger partial charge in [0, 0.05) is 17.5 Å². The van der Waals surface area contributed by atoms with E-state index < -0.39 is 0 Å². The van der Waals surface area contributed by atoms with Crippen LogP contribution >= 0.6 is 0 Å². The maximum absolute atomic E-state index is 12.0. The minimum absolute atomic E-state index is 0.0555. The molecular weight excluding hydrogens is 248 g/mol. The molecule has 1 N–H and O–H groups in total. The van der Waals surface area contributed by atoms with E-state index in [1.807, 2.05) is 32.0 Å². The van der Waals surface area contributed by atoms with Gasteiger partial charge in [-0.25, -0.2) is 4.98 Å². The normalized spacial score (nSPS) is 10.9. The van der Waals surface area contributed by atoms with E-state index in [1.165, 1.54) is 5.39 Å². The lowest BCUT2D eigenvalue weighted by molar-refractivity contribution is 0.912. The van der Waals surface area contributed by atoms with Crippen LogP contribution in [0.25, 0.3) is 22.0 Å². The van der Waals surface area contributed by atoms with Crippen molar-refractivity contribution in [3.63, 3.8) is 0 Å². The molecule has 3 heteroatoms. The van der Waals surface area contributed by atoms with Crippen LogP contribution in [-0.4, -0.2) is 9.97 Å². The van der Waals surface area contributed by atoms with Crippen molar-refractivity contribution in [3.8, 4) is 11.3 Å². The number of hydrogen-bond donors (Lipinski definition) is 1. The van der Waals surface area contributed by atoms with E-state index in [0.717, 1.165) is 28.9 Å². The van der Waals surface area contributed by atoms with Crippen LogP contribution in [-0.2, 0) is 6.42 Å². The van der Waals surface area contributed by atoms with Crippen molar-refractivity contribution in [3.05, 3.63) is 64.2 Å². The number of benzene rings is 2. The third kappa shape index (κ3) is 2.11. The third-order valence-corrected chi connectivity index (χ3v) is 3.56. The monoisotopic (exact) mass is 264 g/mol. The summed E-state index contributed by atoms with van der Waals surface area (Å²) in [5.41, 5.74) is 2.37. The number of aromatic nitrogens is 2. The zero-order valence-electron chi connectivity index (χ0n) is 11.6. The molecule has 0 bridgehead atoms. The molecule has 0 spiro atoms. The van der Waals surface area contributed by atoms with E-state index in [4.69, 9.17) is 0 Å². The lowest BCUT2D eigenvalue weighted by atomic mass is 10.0. The highest BCUT2D eigenvalue weighted by Gasteiger charge is 2.09. The number of nitrogens with zero attached hydrogens (tertiary/aromatic N) is 1. The summed E-state index contributed by atoms with van der Waals surface area (Å²) in [6.07, 6.45) is 0.718. The molecule has 0 aliphatic carbocycles. The zero-order valence-corrected chi connectivity index (χ0v) is 11.6. The number of nitrogens with one attached hydrogen (secondary N) is 1. The van der Waals surface area contributed by atoms with Crippen molar-refractivity contribution in [2.24, 2.45) is 0 Å². The van der Waals surface area contributed by atoms with Gasteiger partial charge in [0.1, 0.15) is 5.82 Å². The molecule has 0 atom stereocenters. The van der Waals surface area contributed by atoms with Gasteiger partial charge in [0.15, 0.2) is 0 Å². The lowest BCUT2D eigenvalue weighted by Gasteiger charge is -2.08. The Kier molecular flexibility index (Phi) is 3.11. The fraction of sp³-hybridized carbons (Fsp3) is 0.176. The molecule has 2 aromatic carbocycles. The first kappa shape index (κ1) is 12.6. The number of aromatic amines is 1. The number of hydrogen-bond acceptors (Lipinski definition) is 2. The Hall–Kier alpha value is -2.42. The van der Waals surface area contributed by atoms with Gasteiger partial charge in [-0.3, -0.25) is 4.79 Å².